The van der Waals surface area contributed by atoms with Crippen molar-refractivity contribution in [2.45, 2.75) is 19.8 Å². The van der Waals surface area contributed by atoms with Crippen LogP contribution in [0.1, 0.15) is 25.6 Å². The number of rotatable bonds is 6. The number of hydrogen-bond donors (Lipinski definition) is 1. The number of anilines is 1. The summed E-state index contributed by atoms with van der Waals surface area (Å²) < 4.78 is 5.17. The van der Waals surface area contributed by atoms with Gasteiger partial charge < -0.3 is 15.0 Å². The maximum Gasteiger partial charge on any atom is 0.218 e. The van der Waals surface area contributed by atoms with Crippen molar-refractivity contribution in [3.63, 3.8) is 0 Å². The van der Waals surface area contributed by atoms with E-state index >= 15 is 0 Å². The first-order valence-electron chi connectivity index (χ1n) is 5.84. The van der Waals surface area contributed by atoms with Crippen molar-refractivity contribution < 1.29 is 4.74 Å². The monoisotopic (exact) mass is 238 g/mol. The minimum Gasteiger partial charge on any atom is -0.481 e. The fourth-order valence-corrected chi connectivity index (χ4v) is 1.30. The van der Waals surface area contributed by atoms with Crippen LogP contribution >= 0.6 is 0 Å². The highest BCUT2D eigenvalue weighted by atomic mass is 16.5. The van der Waals surface area contributed by atoms with Crippen LogP contribution in [0.5, 0.6) is 5.88 Å². The molecule has 96 valence electrons. The van der Waals surface area contributed by atoms with Crippen molar-refractivity contribution in [3.05, 3.63) is 11.9 Å². The van der Waals surface area contributed by atoms with E-state index in [0.29, 0.717) is 11.8 Å². The van der Waals surface area contributed by atoms with Crippen LogP contribution < -0.4 is 10.1 Å². The van der Waals surface area contributed by atoms with Gasteiger partial charge in [0.25, 0.3) is 0 Å². The van der Waals surface area contributed by atoms with Crippen molar-refractivity contribution in [1.82, 2.24) is 14.9 Å². The second-order valence-corrected chi connectivity index (χ2v) is 4.54. The zero-order valence-corrected chi connectivity index (χ0v) is 11.3. The van der Waals surface area contributed by atoms with Gasteiger partial charge >= 0.3 is 0 Å². The first-order valence-corrected chi connectivity index (χ1v) is 5.84. The highest BCUT2D eigenvalue weighted by molar-refractivity contribution is 5.38. The van der Waals surface area contributed by atoms with Gasteiger partial charge in [-0.3, -0.25) is 0 Å². The third-order valence-corrected chi connectivity index (χ3v) is 2.31. The summed E-state index contributed by atoms with van der Waals surface area (Å²) >= 11 is 0. The maximum absolute atomic E-state index is 5.17. The number of nitrogens with zero attached hydrogens (tertiary/aromatic N) is 3. The van der Waals surface area contributed by atoms with Crippen LogP contribution in [0.25, 0.3) is 0 Å². The molecule has 0 aromatic carbocycles. The molecule has 5 nitrogen and oxygen atoms in total. The first kappa shape index (κ1) is 13.7. The number of methoxy groups -OCH3 is 1. The van der Waals surface area contributed by atoms with E-state index in [0.717, 1.165) is 24.7 Å². The largest absolute Gasteiger partial charge is 0.481 e. The van der Waals surface area contributed by atoms with E-state index in [9.17, 15) is 0 Å². The van der Waals surface area contributed by atoms with E-state index in [1.165, 1.54) is 0 Å². The summed E-state index contributed by atoms with van der Waals surface area (Å²) in [4.78, 5) is 10.9. The van der Waals surface area contributed by atoms with E-state index < -0.39 is 0 Å². The normalized spacial score (nSPS) is 11.0. The van der Waals surface area contributed by atoms with E-state index in [2.05, 4.69) is 34.0 Å². The van der Waals surface area contributed by atoms with Crippen molar-refractivity contribution in [1.29, 1.82) is 0 Å². The third-order valence-electron chi connectivity index (χ3n) is 2.31. The minimum absolute atomic E-state index is 0.291. The van der Waals surface area contributed by atoms with Gasteiger partial charge in [0.2, 0.25) is 5.88 Å². The molecule has 0 aliphatic heterocycles. The molecule has 0 saturated heterocycles. The Morgan fingerprint density at radius 2 is 2.06 bits per heavy atom. The van der Waals surface area contributed by atoms with Gasteiger partial charge in [-0.2, -0.15) is 4.98 Å². The lowest BCUT2D eigenvalue weighted by Gasteiger charge is -2.13. The Labute approximate surface area is 103 Å². The predicted molar refractivity (Wildman–Crippen MR) is 69.7 cm³/mol. The molecule has 0 aliphatic rings. The minimum atomic E-state index is 0.291. The molecule has 0 unspecified atom stereocenters. The van der Waals surface area contributed by atoms with Crippen LogP contribution in [0, 0.1) is 0 Å². The maximum atomic E-state index is 5.17. The average molecular weight is 238 g/mol. The molecular weight excluding hydrogens is 216 g/mol. The topological polar surface area (TPSA) is 50.3 Å². The molecule has 0 fully saturated rings. The third kappa shape index (κ3) is 4.56. The van der Waals surface area contributed by atoms with E-state index in [1.807, 2.05) is 20.2 Å². The quantitative estimate of drug-likeness (QED) is 0.815. The fourth-order valence-electron chi connectivity index (χ4n) is 1.30. The van der Waals surface area contributed by atoms with Gasteiger partial charge in [-0.25, -0.2) is 4.98 Å². The Morgan fingerprint density at radius 1 is 1.35 bits per heavy atom. The zero-order chi connectivity index (χ0) is 12.8. The summed E-state index contributed by atoms with van der Waals surface area (Å²) in [6, 6.07) is 1.82. The van der Waals surface area contributed by atoms with E-state index in [1.54, 1.807) is 7.11 Å². The lowest BCUT2D eigenvalue weighted by atomic mass is 10.2. The smallest absolute Gasteiger partial charge is 0.218 e. The molecule has 1 heterocycles. The summed E-state index contributed by atoms with van der Waals surface area (Å²) in [5.41, 5.74) is 0. The Hall–Kier alpha value is -1.36. The van der Waals surface area contributed by atoms with Crippen molar-refractivity contribution in [3.8, 4) is 5.88 Å². The Balaban J connectivity index is 2.73. The summed E-state index contributed by atoms with van der Waals surface area (Å²) in [6.07, 6.45) is 0. The van der Waals surface area contributed by atoms with Crippen LogP contribution in [0.4, 0.5) is 5.82 Å². The lowest BCUT2D eigenvalue weighted by Crippen LogP contribution is -2.21. The van der Waals surface area contributed by atoms with Crippen molar-refractivity contribution in [2.75, 3.05) is 39.6 Å². The van der Waals surface area contributed by atoms with Crippen molar-refractivity contribution in [2.24, 2.45) is 0 Å². The van der Waals surface area contributed by atoms with Gasteiger partial charge in [-0.15, -0.1) is 0 Å². The molecule has 0 amide bonds. The molecule has 0 atom stereocenters. The number of ether oxygens (including phenoxy) is 1. The van der Waals surface area contributed by atoms with Crippen LogP contribution in [0.2, 0.25) is 0 Å². The summed E-state index contributed by atoms with van der Waals surface area (Å²) in [7, 11) is 5.71. The van der Waals surface area contributed by atoms with Gasteiger partial charge in [-0.05, 0) is 14.1 Å². The van der Waals surface area contributed by atoms with Crippen LogP contribution in [-0.2, 0) is 0 Å². The molecule has 0 spiro atoms. The van der Waals surface area contributed by atoms with Crippen molar-refractivity contribution >= 4 is 5.82 Å². The standard InChI is InChI=1S/C12H22N4O/c1-9(2)12-14-10(8-11(15-12)17-5)13-6-7-16(3)4/h8-9H,6-7H2,1-5H3,(H,13,14,15). The molecule has 5 heteroatoms. The molecule has 1 N–H and O–H groups in total. The molecule has 0 aliphatic carbocycles. The Morgan fingerprint density at radius 3 is 2.59 bits per heavy atom. The molecule has 17 heavy (non-hydrogen) atoms. The molecule has 1 aromatic rings. The number of likely N-dealkylation sites (N-methyl/N-ethyl adjacent to an activating group) is 1. The van der Waals surface area contributed by atoms with Crippen LogP contribution in [0.3, 0.4) is 0 Å². The fraction of sp³-hybridized carbons (Fsp3) is 0.667. The molecule has 1 aromatic heterocycles. The SMILES string of the molecule is COc1cc(NCCN(C)C)nc(C(C)C)n1. The van der Waals surface area contributed by atoms with E-state index in [-0.39, 0.29) is 0 Å². The van der Waals surface area contributed by atoms with Crippen LogP contribution in [0.15, 0.2) is 6.07 Å². The second kappa shape index (κ2) is 6.39. The Bertz CT molecular complexity index is 352. The van der Waals surface area contributed by atoms with Gasteiger partial charge in [0.05, 0.1) is 7.11 Å². The second-order valence-electron chi connectivity index (χ2n) is 4.54. The average Bonchev–Trinajstić information content (AvgIpc) is 2.28. The van der Waals surface area contributed by atoms with Gasteiger partial charge in [0, 0.05) is 25.1 Å². The molecule has 0 bridgehead atoms. The first-order chi connectivity index (χ1) is 8.02. The molecule has 0 saturated carbocycles. The van der Waals surface area contributed by atoms with Gasteiger partial charge in [0.15, 0.2) is 0 Å². The van der Waals surface area contributed by atoms with Gasteiger partial charge in [0.1, 0.15) is 11.6 Å². The summed E-state index contributed by atoms with van der Waals surface area (Å²) in [5.74, 6) is 2.52. The van der Waals surface area contributed by atoms with Crippen LogP contribution in [-0.4, -0.2) is 49.2 Å². The lowest BCUT2D eigenvalue weighted by molar-refractivity contribution is 0.394. The molecular formula is C12H22N4O. The number of nitrogens with one attached hydrogen (secondary N) is 1. The molecule has 1 rings (SSSR count). The highest BCUT2D eigenvalue weighted by Gasteiger charge is 2.08. The number of aromatic nitrogens is 2. The van der Waals surface area contributed by atoms with E-state index in [4.69, 9.17) is 4.74 Å². The molecule has 0 radical (unpaired) electrons. The highest BCUT2D eigenvalue weighted by Crippen LogP contribution is 2.17. The zero-order valence-electron chi connectivity index (χ0n) is 11.3. The number of hydrogen-bond acceptors (Lipinski definition) is 5. The predicted octanol–water partition coefficient (Wildman–Crippen LogP) is 1.58. The Kier molecular flexibility index (Phi) is 5.15. The summed E-state index contributed by atoms with van der Waals surface area (Å²) in [6.45, 7) is 5.95. The summed E-state index contributed by atoms with van der Waals surface area (Å²) in [5, 5.41) is 3.27. The van der Waals surface area contributed by atoms with Gasteiger partial charge in [-0.1, -0.05) is 13.8 Å².